The van der Waals surface area contributed by atoms with Gasteiger partial charge in [-0.25, -0.2) is 9.36 Å². The molecular weight excluding hydrogens is 596 g/mol. The maximum Gasteiger partial charge on any atom is 0.333 e. The number of nitrogens with one attached hydrogen (secondary N) is 1. The molecular formula is C33H40N4O7S+2. The fourth-order valence-corrected chi connectivity index (χ4v) is 6.72. The molecule has 0 radical (unpaired) electrons. The summed E-state index contributed by atoms with van der Waals surface area (Å²) in [5, 5.41) is 4.10. The summed E-state index contributed by atoms with van der Waals surface area (Å²) >= 11 is 0. The summed E-state index contributed by atoms with van der Waals surface area (Å²) in [6.07, 6.45) is 12.3. The normalized spacial score (nSPS) is 19.4. The molecule has 1 aromatic carbocycles. The van der Waals surface area contributed by atoms with Gasteiger partial charge >= 0.3 is 5.97 Å². The van der Waals surface area contributed by atoms with Gasteiger partial charge in [-0.2, -0.15) is 13.0 Å². The number of unbranched alkanes of at least 4 members (excludes halogenated alkanes) is 2. The number of hydroxylamine groups is 2. The van der Waals surface area contributed by atoms with Crippen LogP contribution in [0.4, 0.5) is 11.4 Å². The summed E-state index contributed by atoms with van der Waals surface area (Å²) in [6.45, 7) is 9.00. The Morgan fingerprint density at radius 2 is 1.76 bits per heavy atom. The number of aromatic nitrogens is 1. The third-order valence-corrected chi connectivity index (χ3v) is 9.70. The molecule has 2 amide bonds. The monoisotopic (exact) mass is 636 g/mol. The second-order valence-electron chi connectivity index (χ2n) is 12.8. The number of hydrogen-bond donors (Lipinski definition) is 2. The molecule has 0 aliphatic carbocycles. The molecule has 0 atom stereocenters. The lowest BCUT2D eigenvalue weighted by atomic mass is 9.81. The number of carbonyl (C=O) groups is 3. The van der Waals surface area contributed by atoms with E-state index in [0.29, 0.717) is 30.9 Å². The first-order valence-electron chi connectivity index (χ1n) is 15.1. The lowest BCUT2D eigenvalue weighted by molar-refractivity contribution is -0.671. The number of nitrogens with zero attached hydrogens (tertiary/aromatic N) is 3. The summed E-state index contributed by atoms with van der Waals surface area (Å²) in [5.41, 5.74) is 5.13. The van der Waals surface area contributed by atoms with Crippen molar-refractivity contribution in [2.24, 2.45) is 7.05 Å². The van der Waals surface area contributed by atoms with E-state index in [2.05, 4.69) is 42.1 Å². The zero-order valence-corrected chi connectivity index (χ0v) is 27.1. The molecule has 11 nitrogen and oxygen atoms in total. The van der Waals surface area contributed by atoms with Crippen molar-refractivity contribution >= 4 is 45.0 Å². The Bertz CT molecular complexity index is 1770. The maximum absolute atomic E-state index is 12.2. The number of fused-ring (bicyclic) bond motifs is 2. The van der Waals surface area contributed by atoms with Gasteiger partial charge < -0.3 is 10.2 Å². The van der Waals surface area contributed by atoms with Crippen molar-refractivity contribution in [1.29, 1.82) is 0 Å². The van der Waals surface area contributed by atoms with Gasteiger partial charge in [0.05, 0.1) is 21.6 Å². The fourth-order valence-electron chi connectivity index (χ4n) is 6.21. The Balaban J connectivity index is 1.34. The summed E-state index contributed by atoms with van der Waals surface area (Å²) in [4.78, 5) is 40.4. The van der Waals surface area contributed by atoms with E-state index in [9.17, 15) is 27.4 Å². The first-order valence-corrected chi connectivity index (χ1v) is 16.5. The third-order valence-electron chi connectivity index (χ3n) is 8.85. The average molecular weight is 637 g/mol. The van der Waals surface area contributed by atoms with Gasteiger partial charge in [0.15, 0.2) is 18.1 Å². The van der Waals surface area contributed by atoms with E-state index in [1.54, 1.807) is 6.07 Å². The van der Waals surface area contributed by atoms with Crippen LogP contribution in [0.5, 0.6) is 0 Å². The highest BCUT2D eigenvalue weighted by Crippen LogP contribution is 2.43. The summed E-state index contributed by atoms with van der Waals surface area (Å²) in [5.74, 6) is -1.62. The van der Waals surface area contributed by atoms with Gasteiger partial charge in [-0.1, -0.05) is 6.08 Å². The lowest BCUT2D eigenvalue weighted by Gasteiger charge is -2.19. The van der Waals surface area contributed by atoms with Crippen LogP contribution in [0, 0.1) is 0 Å². The zero-order chi connectivity index (χ0) is 32.7. The van der Waals surface area contributed by atoms with Crippen LogP contribution in [0.1, 0.15) is 77.3 Å². The highest BCUT2D eigenvalue weighted by Gasteiger charge is 2.45. The number of aryl methyl sites for hydroxylation is 1. The first kappa shape index (κ1) is 32.2. The van der Waals surface area contributed by atoms with E-state index in [1.165, 1.54) is 17.7 Å². The minimum atomic E-state index is -4.38. The molecule has 1 fully saturated rings. The molecule has 0 bridgehead atoms. The van der Waals surface area contributed by atoms with E-state index in [1.807, 2.05) is 43.8 Å². The molecule has 3 aliphatic heterocycles. The standard InChI is InChI=1S/C33H38N4O7S/c1-32(2)24-21-35(5)19-17-25(24)34-27(32)10-9-11-28-33(3,4)23-20-22(45(41,42)43)13-14-26(23)36(28)18-8-6-7-12-31(40)44-37-29(38)15-16-30(37)39/h9-11,13-14,17,19-21H,6-8,12,15-16,18H2,1-5H3/p+2. The minimum absolute atomic E-state index is 0.0522. The Morgan fingerprint density at radius 1 is 1.04 bits per heavy atom. The smallest absolute Gasteiger partial charge is 0.333 e. The van der Waals surface area contributed by atoms with Gasteiger partial charge in [-0.05, 0) is 58.7 Å². The molecule has 4 heterocycles. The van der Waals surface area contributed by atoms with E-state index in [4.69, 9.17) is 4.84 Å². The van der Waals surface area contributed by atoms with Crippen LogP contribution in [0.3, 0.4) is 0 Å². The fraction of sp³-hybridized carbons (Fsp3) is 0.424. The van der Waals surface area contributed by atoms with E-state index >= 15 is 0 Å². The van der Waals surface area contributed by atoms with Crippen LogP contribution < -0.4 is 9.88 Å². The van der Waals surface area contributed by atoms with Gasteiger partial charge in [0, 0.05) is 60.6 Å². The number of amides is 2. The zero-order valence-electron chi connectivity index (χ0n) is 26.3. The van der Waals surface area contributed by atoms with Crippen LogP contribution in [-0.2, 0) is 47.2 Å². The van der Waals surface area contributed by atoms with Gasteiger partial charge in [-0.15, -0.1) is 5.06 Å². The molecule has 12 heteroatoms. The number of hydrogen-bond acceptors (Lipinski definition) is 7. The van der Waals surface area contributed by atoms with Crippen LogP contribution in [0.2, 0.25) is 0 Å². The van der Waals surface area contributed by atoms with Crippen molar-refractivity contribution in [2.45, 2.75) is 81.9 Å². The van der Waals surface area contributed by atoms with Crippen LogP contribution in [0.25, 0.3) is 0 Å². The molecule has 2 aromatic rings. The Labute approximate surface area is 263 Å². The van der Waals surface area contributed by atoms with E-state index in [-0.39, 0.29) is 29.6 Å². The Morgan fingerprint density at radius 3 is 2.44 bits per heavy atom. The second-order valence-corrected chi connectivity index (χ2v) is 14.2. The number of rotatable bonds is 10. The van der Waals surface area contributed by atoms with E-state index < -0.39 is 33.3 Å². The molecule has 5 rings (SSSR count). The van der Waals surface area contributed by atoms with E-state index in [0.717, 1.165) is 28.3 Å². The van der Waals surface area contributed by atoms with Crippen molar-refractivity contribution in [3.05, 3.63) is 71.7 Å². The topological polar surface area (TPSA) is 137 Å². The van der Waals surface area contributed by atoms with Gasteiger partial charge in [0.25, 0.3) is 21.9 Å². The SMILES string of the molecule is C[n+]1ccc2c(c1)C(C)(C)/C(=C/C=C/C1=[N+](CCCCCC(=O)ON3C(=O)CCC3=O)c3ccc(S(=O)(=O)O)cc3C1(C)C)N2. The molecule has 238 valence electrons. The minimum Gasteiger partial charge on any atom is -0.358 e. The van der Waals surface area contributed by atoms with Crippen molar-refractivity contribution in [3.63, 3.8) is 0 Å². The van der Waals surface area contributed by atoms with Crippen molar-refractivity contribution in [3.8, 4) is 0 Å². The quantitative estimate of drug-likeness (QED) is 0.172. The summed E-state index contributed by atoms with van der Waals surface area (Å²) < 4.78 is 37.9. The molecule has 2 N–H and O–H groups in total. The molecule has 1 aromatic heterocycles. The van der Waals surface area contributed by atoms with Crippen LogP contribution >= 0.6 is 0 Å². The van der Waals surface area contributed by atoms with Crippen molar-refractivity contribution in [2.75, 3.05) is 11.9 Å². The van der Waals surface area contributed by atoms with Gasteiger partial charge in [0.1, 0.15) is 13.6 Å². The summed E-state index contributed by atoms with van der Waals surface area (Å²) in [6, 6.07) is 6.73. The van der Waals surface area contributed by atoms with Gasteiger partial charge in [-0.3, -0.25) is 14.1 Å². The molecule has 45 heavy (non-hydrogen) atoms. The van der Waals surface area contributed by atoms with Crippen LogP contribution in [-0.4, -0.2) is 52.6 Å². The Kier molecular flexibility index (Phi) is 8.58. The van der Waals surface area contributed by atoms with Crippen molar-refractivity contribution < 1.29 is 41.3 Å². The molecule has 0 unspecified atom stereocenters. The predicted octanol–water partition coefficient (Wildman–Crippen LogP) is 4.15. The first-order chi connectivity index (χ1) is 21.1. The molecule has 3 aliphatic rings. The molecule has 0 saturated carbocycles. The number of imide groups is 1. The maximum atomic E-state index is 12.2. The predicted molar refractivity (Wildman–Crippen MR) is 166 cm³/mol. The number of anilines is 1. The summed E-state index contributed by atoms with van der Waals surface area (Å²) in [7, 11) is -2.38. The second kappa shape index (κ2) is 12.0. The molecule has 0 spiro atoms. The average Bonchev–Trinajstić information content (AvgIpc) is 3.49. The molecule has 1 saturated heterocycles. The number of allylic oxidation sites excluding steroid dienone is 4. The largest absolute Gasteiger partial charge is 0.358 e. The van der Waals surface area contributed by atoms with Gasteiger partial charge in [0.2, 0.25) is 5.69 Å². The van der Waals surface area contributed by atoms with Crippen molar-refractivity contribution in [1.82, 2.24) is 5.06 Å². The number of pyridine rings is 1. The Hall–Kier alpha value is -4.16. The lowest BCUT2D eigenvalue weighted by Crippen LogP contribution is -2.31. The number of carbonyl (C=O) groups excluding carboxylic acids is 3. The highest BCUT2D eigenvalue weighted by molar-refractivity contribution is 7.85. The van der Waals surface area contributed by atoms with Crippen LogP contribution in [0.15, 0.2) is 65.5 Å². The highest BCUT2D eigenvalue weighted by atomic mass is 32.2. The number of benzene rings is 1. The third kappa shape index (κ3) is 6.34.